The maximum absolute atomic E-state index is 3.20. The molecule has 94 valence electrons. The number of nitrogens with one attached hydrogen (secondary N) is 1. The zero-order valence-corrected chi connectivity index (χ0v) is 11.1. The first kappa shape index (κ1) is 11.6. The number of hydrogen-bond acceptors (Lipinski definition) is 1. The second-order valence-corrected chi connectivity index (χ2v) is 5.41. The topological polar surface area (TPSA) is 12.0 Å². The summed E-state index contributed by atoms with van der Waals surface area (Å²) in [5.41, 5.74) is 2.73. The molecule has 1 aliphatic carbocycles. The van der Waals surface area contributed by atoms with Crippen LogP contribution < -0.4 is 5.32 Å². The van der Waals surface area contributed by atoms with Gasteiger partial charge >= 0.3 is 0 Å². The Morgan fingerprint density at radius 1 is 0.889 bits per heavy atom. The van der Waals surface area contributed by atoms with Gasteiger partial charge < -0.3 is 5.32 Å². The maximum atomic E-state index is 3.20. The van der Waals surface area contributed by atoms with Gasteiger partial charge in [-0.05, 0) is 47.2 Å². The molecule has 0 radical (unpaired) electrons. The summed E-state index contributed by atoms with van der Waals surface area (Å²) in [5, 5.41) is 5.90. The molecule has 1 nitrogen and oxygen atoms in total. The lowest BCUT2D eigenvalue weighted by Crippen LogP contribution is -2.04. The van der Waals surface area contributed by atoms with Crippen molar-refractivity contribution in [3.05, 3.63) is 42.0 Å². The summed E-state index contributed by atoms with van der Waals surface area (Å²) < 4.78 is 0. The Balaban J connectivity index is 1.95. The summed E-state index contributed by atoms with van der Waals surface area (Å²) >= 11 is 0. The van der Waals surface area contributed by atoms with Gasteiger partial charge in [-0.2, -0.15) is 0 Å². The molecule has 18 heavy (non-hydrogen) atoms. The van der Waals surface area contributed by atoms with E-state index in [9.17, 15) is 0 Å². The van der Waals surface area contributed by atoms with E-state index in [0.29, 0.717) is 0 Å². The van der Waals surface area contributed by atoms with E-state index >= 15 is 0 Å². The SMILES string of the molecule is CNc1ccc2cc(C3CCCCC3)ccc2c1. The smallest absolute Gasteiger partial charge is 0.0343 e. The van der Waals surface area contributed by atoms with Crippen molar-refractivity contribution in [3.8, 4) is 0 Å². The molecule has 0 spiro atoms. The van der Waals surface area contributed by atoms with E-state index in [2.05, 4.69) is 41.7 Å². The summed E-state index contributed by atoms with van der Waals surface area (Å²) in [5.74, 6) is 0.798. The van der Waals surface area contributed by atoms with Crippen LogP contribution in [0, 0.1) is 0 Å². The molecule has 0 aliphatic heterocycles. The molecule has 1 fully saturated rings. The van der Waals surface area contributed by atoms with Gasteiger partial charge in [0.25, 0.3) is 0 Å². The Morgan fingerprint density at radius 2 is 1.61 bits per heavy atom. The average Bonchev–Trinajstić information content (AvgIpc) is 2.47. The summed E-state index contributed by atoms with van der Waals surface area (Å²) in [6.07, 6.45) is 6.98. The fourth-order valence-corrected chi connectivity index (χ4v) is 3.11. The van der Waals surface area contributed by atoms with Crippen molar-refractivity contribution in [3.63, 3.8) is 0 Å². The monoisotopic (exact) mass is 239 g/mol. The molecule has 0 atom stereocenters. The van der Waals surface area contributed by atoms with Gasteiger partial charge in [0.2, 0.25) is 0 Å². The molecular weight excluding hydrogens is 218 g/mol. The van der Waals surface area contributed by atoms with E-state index in [1.165, 1.54) is 48.6 Å². The molecule has 1 heteroatoms. The van der Waals surface area contributed by atoms with Crippen molar-refractivity contribution < 1.29 is 0 Å². The van der Waals surface area contributed by atoms with Crippen LogP contribution in [0.4, 0.5) is 5.69 Å². The van der Waals surface area contributed by atoms with Crippen molar-refractivity contribution >= 4 is 16.5 Å². The van der Waals surface area contributed by atoms with Crippen molar-refractivity contribution in [2.24, 2.45) is 0 Å². The fourth-order valence-electron chi connectivity index (χ4n) is 3.11. The minimum absolute atomic E-state index is 0.798. The molecule has 0 bridgehead atoms. The van der Waals surface area contributed by atoms with Gasteiger partial charge in [-0.1, -0.05) is 43.5 Å². The summed E-state index contributed by atoms with van der Waals surface area (Å²) in [6, 6.07) is 13.6. The predicted octanol–water partition coefficient (Wildman–Crippen LogP) is 4.93. The van der Waals surface area contributed by atoms with E-state index in [4.69, 9.17) is 0 Å². The van der Waals surface area contributed by atoms with Crippen molar-refractivity contribution in [2.75, 3.05) is 12.4 Å². The highest BCUT2D eigenvalue weighted by atomic mass is 14.8. The van der Waals surface area contributed by atoms with Crippen molar-refractivity contribution in [1.29, 1.82) is 0 Å². The molecule has 1 N–H and O–H groups in total. The van der Waals surface area contributed by atoms with Crippen LogP contribution in [0.5, 0.6) is 0 Å². The van der Waals surface area contributed by atoms with Crippen LogP contribution in [0.3, 0.4) is 0 Å². The van der Waals surface area contributed by atoms with E-state index in [1.54, 1.807) is 5.56 Å². The van der Waals surface area contributed by atoms with Crippen LogP contribution in [0.2, 0.25) is 0 Å². The molecule has 1 saturated carbocycles. The van der Waals surface area contributed by atoms with Gasteiger partial charge in [0.15, 0.2) is 0 Å². The predicted molar refractivity (Wildman–Crippen MR) is 79.3 cm³/mol. The summed E-state index contributed by atoms with van der Waals surface area (Å²) in [6.45, 7) is 0. The Morgan fingerprint density at radius 3 is 2.39 bits per heavy atom. The van der Waals surface area contributed by atoms with Crippen LogP contribution in [-0.2, 0) is 0 Å². The van der Waals surface area contributed by atoms with Crippen LogP contribution in [0.25, 0.3) is 10.8 Å². The van der Waals surface area contributed by atoms with Crippen LogP contribution >= 0.6 is 0 Å². The molecule has 0 unspecified atom stereocenters. The lowest BCUT2D eigenvalue weighted by molar-refractivity contribution is 0.444. The molecule has 0 saturated heterocycles. The molecule has 2 aromatic rings. The summed E-state index contributed by atoms with van der Waals surface area (Å²) in [4.78, 5) is 0. The molecule has 1 aliphatic rings. The van der Waals surface area contributed by atoms with E-state index in [-0.39, 0.29) is 0 Å². The highest BCUT2D eigenvalue weighted by molar-refractivity contribution is 5.86. The third-order valence-corrected chi connectivity index (χ3v) is 4.23. The quantitative estimate of drug-likeness (QED) is 0.783. The molecule has 0 heterocycles. The first-order chi connectivity index (χ1) is 8.86. The molecule has 0 amide bonds. The van der Waals surface area contributed by atoms with Gasteiger partial charge in [0.05, 0.1) is 0 Å². The van der Waals surface area contributed by atoms with Gasteiger partial charge in [-0.3, -0.25) is 0 Å². The van der Waals surface area contributed by atoms with Gasteiger partial charge in [0, 0.05) is 12.7 Å². The Kier molecular flexibility index (Phi) is 3.22. The number of hydrogen-bond donors (Lipinski definition) is 1. The highest BCUT2D eigenvalue weighted by Gasteiger charge is 2.15. The Hall–Kier alpha value is -1.50. The Labute approximate surface area is 109 Å². The molecule has 0 aromatic heterocycles. The second kappa shape index (κ2) is 5.01. The number of rotatable bonds is 2. The maximum Gasteiger partial charge on any atom is 0.0343 e. The zero-order valence-electron chi connectivity index (χ0n) is 11.1. The van der Waals surface area contributed by atoms with E-state index < -0.39 is 0 Å². The lowest BCUT2D eigenvalue weighted by atomic mass is 9.83. The number of anilines is 1. The Bertz CT molecular complexity index is 538. The molecular formula is C17H21N. The normalized spacial score (nSPS) is 16.9. The van der Waals surface area contributed by atoms with Gasteiger partial charge in [0.1, 0.15) is 0 Å². The van der Waals surface area contributed by atoms with Crippen LogP contribution in [0.15, 0.2) is 36.4 Å². The number of benzene rings is 2. The van der Waals surface area contributed by atoms with Crippen LogP contribution in [0.1, 0.15) is 43.6 Å². The largest absolute Gasteiger partial charge is 0.388 e. The third kappa shape index (κ3) is 2.22. The first-order valence-corrected chi connectivity index (χ1v) is 7.08. The van der Waals surface area contributed by atoms with Crippen molar-refractivity contribution in [1.82, 2.24) is 0 Å². The van der Waals surface area contributed by atoms with Gasteiger partial charge in [-0.25, -0.2) is 0 Å². The minimum atomic E-state index is 0.798. The first-order valence-electron chi connectivity index (χ1n) is 7.08. The average molecular weight is 239 g/mol. The lowest BCUT2D eigenvalue weighted by Gasteiger charge is -2.22. The zero-order chi connectivity index (χ0) is 12.4. The van der Waals surface area contributed by atoms with E-state index in [0.717, 1.165) is 5.92 Å². The van der Waals surface area contributed by atoms with Crippen LogP contribution in [-0.4, -0.2) is 7.05 Å². The molecule has 2 aromatic carbocycles. The minimum Gasteiger partial charge on any atom is -0.388 e. The second-order valence-electron chi connectivity index (χ2n) is 5.41. The number of fused-ring (bicyclic) bond motifs is 1. The van der Waals surface area contributed by atoms with Crippen molar-refractivity contribution in [2.45, 2.75) is 38.0 Å². The summed E-state index contributed by atoms with van der Waals surface area (Å²) in [7, 11) is 1.97. The van der Waals surface area contributed by atoms with E-state index in [1.807, 2.05) is 7.05 Å². The highest BCUT2D eigenvalue weighted by Crippen LogP contribution is 2.34. The fraction of sp³-hybridized carbons (Fsp3) is 0.412. The molecule has 3 rings (SSSR count). The van der Waals surface area contributed by atoms with Gasteiger partial charge in [-0.15, -0.1) is 0 Å². The standard InChI is InChI=1S/C17H21N/c1-18-17-10-9-15-11-14(7-8-16(15)12-17)13-5-3-2-4-6-13/h7-13,18H,2-6H2,1H3. The third-order valence-electron chi connectivity index (χ3n) is 4.23.